The van der Waals surface area contributed by atoms with Gasteiger partial charge in [0.2, 0.25) is 0 Å². The first-order valence-corrected chi connectivity index (χ1v) is 5.64. The molecular weight excluding hydrogens is 211 g/mol. The molecule has 0 aromatic rings. The summed E-state index contributed by atoms with van der Waals surface area (Å²) in [6.07, 6.45) is 0. The molecule has 0 aliphatic heterocycles. The predicted molar refractivity (Wildman–Crippen MR) is 37.9 cm³/mol. The summed E-state index contributed by atoms with van der Waals surface area (Å²) >= 11 is 0. The maximum Gasteiger partial charge on any atom is 0.695 e. The number of rotatable bonds is 5. The summed E-state index contributed by atoms with van der Waals surface area (Å²) < 4.78 is 49.3. The molecule has 9 heteroatoms. The van der Waals surface area contributed by atoms with Crippen LogP contribution in [0.1, 0.15) is 0 Å². The van der Waals surface area contributed by atoms with E-state index in [4.69, 9.17) is 0 Å². The Morgan fingerprint density at radius 2 is 1.42 bits per heavy atom. The van der Waals surface area contributed by atoms with Gasteiger partial charge in [-0.1, -0.05) is 3.89 Å². The van der Waals surface area contributed by atoms with E-state index in [9.17, 15) is 12.3 Å². The highest BCUT2D eigenvalue weighted by atomic mass is 32.3. The van der Waals surface area contributed by atoms with Crippen molar-refractivity contribution in [2.75, 3.05) is 21.3 Å². The zero-order valence-electron chi connectivity index (χ0n) is 6.74. The fourth-order valence-corrected chi connectivity index (χ4v) is 2.77. The summed E-state index contributed by atoms with van der Waals surface area (Å²) in [7, 11) is -5.68. The van der Waals surface area contributed by atoms with Crippen molar-refractivity contribution in [3.05, 3.63) is 0 Å². The fraction of sp³-hybridized carbons (Fsp3) is 1.00. The van der Waals surface area contributed by atoms with Gasteiger partial charge in [-0.15, -0.1) is 0 Å². The number of hydrogen-bond acceptors (Lipinski definition) is 6. The van der Waals surface area contributed by atoms with Gasteiger partial charge in [-0.3, -0.25) is 0 Å². The Morgan fingerprint density at radius 3 is 1.50 bits per heavy atom. The van der Waals surface area contributed by atoms with E-state index >= 15 is 0 Å². The minimum absolute atomic E-state index is 1.09. The molecule has 0 radical (unpaired) electrons. The summed E-state index contributed by atoms with van der Waals surface area (Å²) in [6, 6.07) is 0. The standard InChI is InChI=1S/C3H9FO6SSi/c1-7-12(8-2,9-3)10-11(4,5)6/h1-3H3. The molecule has 0 bridgehead atoms. The molecule has 0 saturated heterocycles. The van der Waals surface area contributed by atoms with Crippen LogP contribution in [0.3, 0.4) is 0 Å². The van der Waals surface area contributed by atoms with Crippen molar-refractivity contribution in [1.82, 2.24) is 0 Å². The van der Waals surface area contributed by atoms with E-state index in [1.807, 2.05) is 0 Å². The predicted octanol–water partition coefficient (Wildman–Crippen LogP) is -0.408. The van der Waals surface area contributed by atoms with Crippen LogP contribution in [0.15, 0.2) is 0 Å². The summed E-state index contributed by atoms with van der Waals surface area (Å²) in [6.45, 7) is 0. The van der Waals surface area contributed by atoms with Gasteiger partial charge in [-0.25, -0.2) is 3.87 Å². The monoisotopic (exact) mass is 220 g/mol. The molecule has 0 N–H and O–H groups in total. The molecule has 0 amide bonds. The van der Waals surface area contributed by atoms with Crippen LogP contribution in [-0.4, -0.2) is 38.8 Å². The Balaban J connectivity index is 4.52. The van der Waals surface area contributed by atoms with Crippen molar-refractivity contribution in [3.63, 3.8) is 0 Å². The van der Waals surface area contributed by atoms with E-state index in [1.165, 1.54) is 0 Å². The van der Waals surface area contributed by atoms with E-state index in [1.54, 1.807) is 0 Å². The van der Waals surface area contributed by atoms with Gasteiger partial charge >= 0.3 is 19.6 Å². The molecule has 0 atom stereocenters. The molecule has 0 aromatic carbocycles. The van der Waals surface area contributed by atoms with Crippen molar-refractivity contribution in [3.8, 4) is 0 Å². The zero-order valence-corrected chi connectivity index (χ0v) is 8.55. The van der Waals surface area contributed by atoms with E-state index < -0.39 is 19.6 Å². The van der Waals surface area contributed by atoms with Crippen molar-refractivity contribution < 1.29 is 29.5 Å². The average Bonchev–Trinajstić information content (AvgIpc) is 1.99. The molecule has 12 heavy (non-hydrogen) atoms. The quantitative estimate of drug-likeness (QED) is 0.463. The Labute approximate surface area is 71.1 Å². The first-order chi connectivity index (χ1) is 5.39. The third kappa shape index (κ3) is 3.56. The second-order valence-corrected chi connectivity index (χ2v) is 5.27. The third-order valence-corrected chi connectivity index (χ3v) is 4.06. The molecule has 0 aromatic heterocycles. The van der Waals surface area contributed by atoms with Crippen LogP contribution in [0.5, 0.6) is 0 Å². The lowest BCUT2D eigenvalue weighted by molar-refractivity contribution is 0.0514. The van der Waals surface area contributed by atoms with Crippen LogP contribution in [0.4, 0.5) is 3.89 Å². The van der Waals surface area contributed by atoms with Crippen LogP contribution < -0.4 is 0 Å². The van der Waals surface area contributed by atoms with E-state index in [2.05, 4.69) is 17.2 Å². The maximum atomic E-state index is 12.0. The Bertz CT molecular complexity index is 215. The van der Waals surface area contributed by atoms with Gasteiger partial charge < -0.3 is 13.3 Å². The highest BCUT2D eigenvalue weighted by Gasteiger charge is 2.47. The smallest absolute Gasteiger partial charge is 0.354 e. The van der Waals surface area contributed by atoms with Crippen molar-refractivity contribution >= 4 is 19.6 Å². The van der Waals surface area contributed by atoms with E-state index in [0.29, 0.717) is 0 Å². The highest BCUT2D eigenvalue weighted by Crippen LogP contribution is 2.12. The molecule has 0 unspecified atom stereocenters. The first kappa shape index (κ1) is 11.9. The topological polar surface area (TPSA) is 71.1 Å². The third-order valence-electron chi connectivity index (χ3n) is 0.952. The second kappa shape index (κ2) is 4.25. The molecule has 0 fully saturated rings. The van der Waals surface area contributed by atoms with Crippen LogP contribution in [0.2, 0.25) is 0 Å². The van der Waals surface area contributed by atoms with Crippen molar-refractivity contribution in [2.45, 2.75) is 0 Å². The van der Waals surface area contributed by atoms with Crippen LogP contribution >= 0.6 is 0 Å². The van der Waals surface area contributed by atoms with E-state index in [0.717, 1.165) is 21.3 Å². The lowest BCUT2D eigenvalue weighted by Crippen LogP contribution is -2.47. The molecule has 0 saturated carbocycles. The largest absolute Gasteiger partial charge is 0.695 e. The first-order valence-electron chi connectivity index (χ1n) is 2.70. The number of halogens is 1. The lowest BCUT2D eigenvalue weighted by Gasteiger charge is -2.19. The highest BCUT2D eigenvalue weighted by molar-refractivity contribution is 7.82. The lowest BCUT2D eigenvalue weighted by atomic mass is 11.8. The Morgan fingerprint density at radius 1 is 1.08 bits per heavy atom. The van der Waals surface area contributed by atoms with Crippen molar-refractivity contribution in [2.24, 2.45) is 0 Å². The van der Waals surface area contributed by atoms with Crippen LogP contribution in [0, 0.1) is 0 Å². The average molecular weight is 220 g/mol. The minimum atomic E-state index is -5.13. The van der Waals surface area contributed by atoms with E-state index in [-0.39, 0.29) is 0 Å². The minimum Gasteiger partial charge on any atom is -0.354 e. The molecule has 0 spiro atoms. The van der Waals surface area contributed by atoms with Gasteiger partial charge in [0.25, 0.3) is 0 Å². The molecule has 0 aliphatic rings. The van der Waals surface area contributed by atoms with Gasteiger partial charge in [-0.05, 0) is 0 Å². The molecule has 74 valence electrons. The van der Waals surface area contributed by atoms with Crippen LogP contribution in [0.25, 0.3) is 0 Å². The van der Waals surface area contributed by atoms with Crippen molar-refractivity contribution in [1.29, 1.82) is 0 Å². The summed E-state index contributed by atoms with van der Waals surface area (Å²) in [4.78, 5) is 0. The molecule has 6 nitrogen and oxygen atoms in total. The summed E-state index contributed by atoms with van der Waals surface area (Å²) in [5.41, 5.74) is 0. The summed E-state index contributed by atoms with van der Waals surface area (Å²) in [5.74, 6) is 0. The zero-order chi connectivity index (χ0) is 9.83. The summed E-state index contributed by atoms with van der Waals surface area (Å²) in [5, 5.41) is 0. The van der Waals surface area contributed by atoms with Gasteiger partial charge in [0.1, 0.15) is 0 Å². The molecule has 0 heterocycles. The Hall–Kier alpha value is -0.0631. The van der Waals surface area contributed by atoms with Crippen LogP contribution in [-0.2, 0) is 27.7 Å². The second-order valence-electron chi connectivity index (χ2n) is 1.59. The molecular formula is C3H9FO6SSi. The SMILES string of the molecule is CO[Si](OC)(OC)OS(=O)(=O)F. The van der Waals surface area contributed by atoms with Gasteiger partial charge in [-0.2, -0.15) is 8.42 Å². The van der Waals surface area contributed by atoms with Gasteiger partial charge in [0.15, 0.2) is 0 Å². The van der Waals surface area contributed by atoms with Gasteiger partial charge in [0.05, 0.1) is 0 Å². The number of hydrogen-bond donors (Lipinski definition) is 0. The normalized spacial score (nSPS) is 13.3. The van der Waals surface area contributed by atoms with Gasteiger partial charge in [0, 0.05) is 21.3 Å². The molecule has 0 aliphatic carbocycles. The Kier molecular flexibility index (Phi) is 4.23. The molecule has 0 rings (SSSR count). The fourth-order valence-electron chi connectivity index (χ4n) is 0.474. The maximum absolute atomic E-state index is 12.0.